The third kappa shape index (κ3) is 3.93. The van der Waals surface area contributed by atoms with Gasteiger partial charge in [-0.3, -0.25) is 14.5 Å². The molecule has 2 atom stereocenters. The zero-order chi connectivity index (χ0) is 20.5. The number of benzene rings is 1. The molecule has 0 radical (unpaired) electrons. The number of carbonyl (C=O) groups is 3. The van der Waals surface area contributed by atoms with E-state index in [9.17, 15) is 23.2 Å². The molecule has 2 saturated heterocycles. The minimum Gasteiger partial charge on any atom is -0.435 e. The molecule has 0 aromatic heterocycles. The second kappa shape index (κ2) is 7.73. The van der Waals surface area contributed by atoms with Crippen molar-refractivity contribution in [2.45, 2.75) is 38.8 Å². The highest BCUT2D eigenvalue weighted by molar-refractivity contribution is 6.09. The van der Waals surface area contributed by atoms with Crippen molar-refractivity contribution in [3.05, 3.63) is 29.8 Å². The summed E-state index contributed by atoms with van der Waals surface area (Å²) in [5.41, 5.74) is -0.968. The normalized spacial score (nSPS) is 25.2. The third-order valence-electron chi connectivity index (χ3n) is 5.23. The maximum atomic E-state index is 12.9. The van der Waals surface area contributed by atoms with Gasteiger partial charge in [-0.05, 0) is 43.4 Å². The highest BCUT2D eigenvalue weighted by Gasteiger charge is 2.49. The Labute approximate surface area is 161 Å². The third-order valence-corrected chi connectivity index (χ3v) is 5.23. The van der Waals surface area contributed by atoms with Gasteiger partial charge in [0.2, 0.25) is 5.91 Å². The van der Waals surface area contributed by atoms with Crippen LogP contribution in [0.5, 0.6) is 5.75 Å². The van der Waals surface area contributed by atoms with E-state index in [0.717, 1.165) is 17.7 Å². The van der Waals surface area contributed by atoms with Gasteiger partial charge < -0.3 is 15.0 Å². The first-order valence-electron chi connectivity index (χ1n) is 9.18. The lowest BCUT2D eigenvalue weighted by atomic mass is 9.92. The first-order valence-corrected chi connectivity index (χ1v) is 9.18. The molecule has 3 rings (SSSR count). The van der Waals surface area contributed by atoms with Gasteiger partial charge in [0, 0.05) is 13.1 Å². The van der Waals surface area contributed by atoms with E-state index in [0.29, 0.717) is 24.6 Å². The van der Waals surface area contributed by atoms with Crippen LogP contribution in [-0.2, 0) is 15.1 Å². The number of likely N-dealkylation sites (tertiary alicyclic amines) is 1. The Kier molecular flexibility index (Phi) is 5.53. The fourth-order valence-electron chi connectivity index (χ4n) is 3.66. The molecule has 2 aliphatic heterocycles. The lowest BCUT2D eigenvalue weighted by molar-refractivity contribution is -0.139. The summed E-state index contributed by atoms with van der Waals surface area (Å²) in [5.74, 6) is -0.483. The Balaban J connectivity index is 1.72. The summed E-state index contributed by atoms with van der Waals surface area (Å²) in [6, 6.07) is 4.82. The summed E-state index contributed by atoms with van der Waals surface area (Å²) >= 11 is 0. The maximum Gasteiger partial charge on any atom is 0.387 e. The monoisotopic (exact) mass is 395 g/mol. The van der Waals surface area contributed by atoms with Crippen LogP contribution < -0.4 is 10.1 Å². The molecule has 1 aromatic carbocycles. The zero-order valence-electron chi connectivity index (χ0n) is 15.8. The van der Waals surface area contributed by atoms with Crippen molar-refractivity contribution in [3.8, 4) is 5.75 Å². The number of ether oxygens (including phenoxy) is 1. The van der Waals surface area contributed by atoms with Crippen molar-refractivity contribution in [3.63, 3.8) is 0 Å². The van der Waals surface area contributed by atoms with E-state index >= 15 is 0 Å². The average molecular weight is 395 g/mol. The zero-order valence-corrected chi connectivity index (χ0v) is 15.8. The lowest BCUT2D eigenvalue weighted by Crippen LogP contribution is -2.47. The minimum absolute atomic E-state index is 0.0506. The lowest BCUT2D eigenvalue weighted by Gasteiger charge is -2.31. The number of hydrogen-bond donors (Lipinski definition) is 1. The molecule has 9 heteroatoms. The fraction of sp³-hybridized carbons (Fsp3) is 0.526. The molecule has 0 spiro atoms. The van der Waals surface area contributed by atoms with Crippen LogP contribution in [0, 0.1) is 5.92 Å². The molecule has 0 unspecified atom stereocenters. The van der Waals surface area contributed by atoms with Crippen LogP contribution in [0.15, 0.2) is 24.3 Å². The molecule has 0 bridgehead atoms. The van der Waals surface area contributed by atoms with Crippen LogP contribution in [0.3, 0.4) is 0 Å². The molecule has 2 aliphatic rings. The number of alkyl halides is 2. The van der Waals surface area contributed by atoms with E-state index < -0.39 is 24.1 Å². The van der Waals surface area contributed by atoms with Crippen molar-refractivity contribution < 1.29 is 27.9 Å². The topological polar surface area (TPSA) is 79.0 Å². The molecule has 4 amide bonds. The molecular formula is C19H23F2N3O4. The number of hydrogen-bond acceptors (Lipinski definition) is 4. The molecular weight excluding hydrogens is 372 g/mol. The second-order valence-electron chi connectivity index (χ2n) is 7.44. The van der Waals surface area contributed by atoms with Gasteiger partial charge in [-0.2, -0.15) is 8.78 Å². The van der Waals surface area contributed by atoms with E-state index in [2.05, 4.69) is 17.0 Å². The summed E-state index contributed by atoms with van der Waals surface area (Å²) in [7, 11) is 0. The molecule has 28 heavy (non-hydrogen) atoms. The van der Waals surface area contributed by atoms with Crippen LogP contribution in [0.1, 0.15) is 32.3 Å². The average Bonchev–Trinajstić information content (AvgIpc) is 2.86. The summed E-state index contributed by atoms with van der Waals surface area (Å²) in [6.07, 6.45) is 1.95. The summed E-state index contributed by atoms with van der Waals surface area (Å²) in [4.78, 5) is 40.4. The van der Waals surface area contributed by atoms with Crippen LogP contribution in [0.4, 0.5) is 13.6 Å². The molecule has 2 heterocycles. The van der Waals surface area contributed by atoms with Gasteiger partial charge in [-0.25, -0.2) is 4.79 Å². The van der Waals surface area contributed by atoms with Gasteiger partial charge in [0.05, 0.1) is 0 Å². The summed E-state index contributed by atoms with van der Waals surface area (Å²) in [6.45, 7) is 1.55. The quantitative estimate of drug-likeness (QED) is 0.776. The number of piperidine rings is 1. The number of nitrogens with one attached hydrogen (secondary N) is 1. The highest BCUT2D eigenvalue weighted by atomic mass is 19.3. The molecule has 1 aromatic rings. The van der Waals surface area contributed by atoms with Gasteiger partial charge in [-0.15, -0.1) is 0 Å². The van der Waals surface area contributed by atoms with Gasteiger partial charge in [-0.1, -0.05) is 19.1 Å². The first kappa shape index (κ1) is 20.0. The minimum atomic E-state index is -2.95. The van der Waals surface area contributed by atoms with Crippen molar-refractivity contribution in [1.29, 1.82) is 0 Å². The number of halogens is 2. The number of rotatable bonds is 5. The predicted molar refractivity (Wildman–Crippen MR) is 95.6 cm³/mol. The molecule has 7 nitrogen and oxygen atoms in total. The van der Waals surface area contributed by atoms with E-state index in [-0.39, 0.29) is 18.2 Å². The van der Waals surface area contributed by atoms with E-state index in [4.69, 9.17) is 0 Å². The Hall–Kier alpha value is -2.71. The smallest absolute Gasteiger partial charge is 0.387 e. The van der Waals surface area contributed by atoms with E-state index in [1.807, 2.05) is 0 Å². The van der Waals surface area contributed by atoms with E-state index in [1.54, 1.807) is 4.90 Å². The van der Waals surface area contributed by atoms with Gasteiger partial charge >= 0.3 is 12.6 Å². The van der Waals surface area contributed by atoms with Gasteiger partial charge in [0.1, 0.15) is 17.8 Å². The highest BCUT2D eigenvalue weighted by Crippen LogP contribution is 2.30. The SMILES string of the molecule is C[C@H]1CCCN(C(=O)CN2C(=O)N[C@](C)(c3ccc(OC(F)F)cc3)C2=O)C1. The van der Waals surface area contributed by atoms with Crippen LogP contribution >= 0.6 is 0 Å². The van der Waals surface area contributed by atoms with Crippen LogP contribution in [0.25, 0.3) is 0 Å². The van der Waals surface area contributed by atoms with Crippen molar-refractivity contribution in [2.24, 2.45) is 5.92 Å². The largest absolute Gasteiger partial charge is 0.435 e. The molecule has 0 aliphatic carbocycles. The Morgan fingerprint density at radius 1 is 1.32 bits per heavy atom. The molecule has 2 fully saturated rings. The molecule has 1 N–H and O–H groups in total. The number of nitrogens with zero attached hydrogens (tertiary/aromatic N) is 2. The summed E-state index contributed by atoms with van der Waals surface area (Å²) in [5, 5.41) is 2.60. The standard InChI is InChI=1S/C19H23F2N3O4/c1-12-4-3-9-23(10-12)15(25)11-24-16(26)19(2,22-18(24)27)13-5-7-14(8-6-13)28-17(20)21/h5-8,12,17H,3-4,9-11H2,1-2H3,(H,22,27)/t12-,19+/m0/s1. The number of amides is 4. The summed E-state index contributed by atoms with van der Waals surface area (Å²) < 4.78 is 28.9. The first-order chi connectivity index (χ1) is 13.2. The molecule has 152 valence electrons. The second-order valence-corrected chi connectivity index (χ2v) is 7.44. The van der Waals surface area contributed by atoms with Crippen LogP contribution in [0.2, 0.25) is 0 Å². The fourth-order valence-corrected chi connectivity index (χ4v) is 3.66. The Morgan fingerprint density at radius 3 is 2.61 bits per heavy atom. The number of urea groups is 1. The maximum absolute atomic E-state index is 12.9. The van der Waals surface area contributed by atoms with Crippen molar-refractivity contribution in [2.75, 3.05) is 19.6 Å². The van der Waals surface area contributed by atoms with E-state index in [1.165, 1.54) is 31.2 Å². The number of imide groups is 1. The molecule has 0 saturated carbocycles. The van der Waals surface area contributed by atoms with Gasteiger partial charge in [0.25, 0.3) is 5.91 Å². The number of carbonyl (C=O) groups excluding carboxylic acids is 3. The van der Waals surface area contributed by atoms with Crippen molar-refractivity contribution >= 4 is 17.8 Å². The van der Waals surface area contributed by atoms with Crippen molar-refractivity contribution in [1.82, 2.24) is 15.1 Å². The predicted octanol–water partition coefficient (Wildman–Crippen LogP) is 2.31. The van der Waals surface area contributed by atoms with Gasteiger partial charge in [0.15, 0.2) is 0 Å². The Morgan fingerprint density at radius 2 is 2.00 bits per heavy atom. The van der Waals surface area contributed by atoms with Crippen LogP contribution in [-0.4, -0.2) is 53.9 Å². The Bertz CT molecular complexity index is 771.